The van der Waals surface area contributed by atoms with Crippen LogP contribution in [0.4, 0.5) is 13.2 Å². The minimum absolute atomic E-state index is 0.0438. The highest BCUT2D eigenvalue weighted by molar-refractivity contribution is 8.14. The molecule has 1 aromatic carbocycles. The molecule has 9 N–H and O–H groups in total. The largest absolute Gasteiger partial charge is 0.573 e. The molecule has 1 atom stereocenters. The lowest BCUT2D eigenvalue weighted by Gasteiger charge is -2.11. The van der Waals surface area contributed by atoms with Crippen LogP contribution in [0.15, 0.2) is 69.8 Å². The molecule has 0 spiro atoms. The van der Waals surface area contributed by atoms with E-state index in [0.29, 0.717) is 29.8 Å². The first-order valence-corrected chi connectivity index (χ1v) is 13.0. The van der Waals surface area contributed by atoms with Gasteiger partial charge < -0.3 is 32.6 Å². The molecular formula is C25H33F3N8O3S. The van der Waals surface area contributed by atoms with Gasteiger partial charge in [0.15, 0.2) is 5.50 Å². The Bertz CT molecular complexity index is 1180. The maximum Gasteiger partial charge on any atom is 0.573 e. The van der Waals surface area contributed by atoms with Gasteiger partial charge in [-0.15, -0.1) is 13.2 Å². The van der Waals surface area contributed by atoms with Crippen molar-refractivity contribution in [3.05, 3.63) is 65.3 Å². The molecule has 0 saturated heterocycles. The number of nitrogens with two attached hydrogens (primary N) is 3. The van der Waals surface area contributed by atoms with Gasteiger partial charge in [0.2, 0.25) is 11.8 Å². The standard InChI is InChI=1S/C25H33F3N8O3S/c1-32-12-11-18(30)15-22(38)34-24-36-35-23(40-24)8-3-2-6-17(29)9-10-20(31)33-21(37)14-16-5-4-7-19(13-16)39-25(26,27)28/h4-5,7,9-13,24,36H,2-3,6,8,14-15,29-31H2,1H3,(H,33,37)(H,34,38)/b17-9-,18-11?,20-10+,32-12?. The smallest absolute Gasteiger partial charge is 0.406 e. The Morgan fingerprint density at radius 1 is 1.15 bits per heavy atom. The number of aliphatic imine (C=N–C) groups is 1. The van der Waals surface area contributed by atoms with Crippen molar-refractivity contribution < 1.29 is 27.5 Å². The molecule has 40 heavy (non-hydrogen) atoms. The predicted octanol–water partition coefficient (Wildman–Crippen LogP) is 2.43. The number of thioether (sulfide) groups is 1. The molecule has 1 heterocycles. The van der Waals surface area contributed by atoms with Gasteiger partial charge in [-0.25, -0.2) is 0 Å². The van der Waals surface area contributed by atoms with Crippen LogP contribution >= 0.6 is 11.8 Å². The van der Waals surface area contributed by atoms with E-state index in [9.17, 15) is 22.8 Å². The van der Waals surface area contributed by atoms with E-state index in [4.69, 9.17) is 17.2 Å². The van der Waals surface area contributed by atoms with Crippen molar-refractivity contribution in [1.29, 1.82) is 0 Å². The van der Waals surface area contributed by atoms with Crippen LogP contribution in [0.2, 0.25) is 0 Å². The second-order valence-electron chi connectivity index (χ2n) is 8.52. The molecule has 0 aromatic heterocycles. The number of allylic oxidation sites excluding steroid dienone is 4. The lowest BCUT2D eigenvalue weighted by molar-refractivity contribution is -0.274. The summed E-state index contributed by atoms with van der Waals surface area (Å²) in [6.45, 7) is 0. The van der Waals surface area contributed by atoms with E-state index in [1.165, 1.54) is 36.2 Å². The van der Waals surface area contributed by atoms with E-state index in [1.54, 1.807) is 19.2 Å². The number of hydrogen-bond donors (Lipinski definition) is 6. The third kappa shape index (κ3) is 13.6. The van der Waals surface area contributed by atoms with Gasteiger partial charge in [-0.05, 0) is 61.6 Å². The van der Waals surface area contributed by atoms with Crippen molar-refractivity contribution in [1.82, 2.24) is 16.1 Å². The van der Waals surface area contributed by atoms with Crippen LogP contribution in [0.1, 0.15) is 37.7 Å². The minimum Gasteiger partial charge on any atom is -0.406 e. The van der Waals surface area contributed by atoms with Crippen molar-refractivity contribution in [3.63, 3.8) is 0 Å². The Balaban J connectivity index is 1.67. The molecule has 2 rings (SSSR count). The van der Waals surface area contributed by atoms with Crippen LogP contribution in [-0.4, -0.2) is 42.0 Å². The van der Waals surface area contributed by atoms with Crippen LogP contribution in [0.3, 0.4) is 0 Å². The van der Waals surface area contributed by atoms with Gasteiger partial charge in [-0.2, -0.15) is 5.10 Å². The maximum atomic E-state index is 12.4. The van der Waals surface area contributed by atoms with Gasteiger partial charge in [0, 0.05) is 24.7 Å². The number of carbonyl (C=O) groups excluding carboxylic acids is 2. The third-order valence-corrected chi connectivity index (χ3v) is 6.04. The average molecular weight is 583 g/mol. The maximum absolute atomic E-state index is 12.4. The Labute approximate surface area is 234 Å². The van der Waals surface area contributed by atoms with Gasteiger partial charge in [0.05, 0.1) is 17.9 Å². The van der Waals surface area contributed by atoms with Gasteiger partial charge >= 0.3 is 6.36 Å². The van der Waals surface area contributed by atoms with Crippen molar-refractivity contribution in [2.24, 2.45) is 27.3 Å². The summed E-state index contributed by atoms with van der Waals surface area (Å²) >= 11 is 1.42. The number of unbranched alkanes of at least 4 members (excludes halogenated alkanes) is 1. The molecule has 0 bridgehead atoms. The van der Waals surface area contributed by atoms with E-state index in [-0.39, 0.29) is 30.1 Å². The molecule has 1 aromatic rings. The summed E-state index contributed by atoms with van der Waals surface area (Å²) < 4.78 is 41.0. The molecule has 0 radical (unpaired) electrons. The summed E-state index contributed by atoms with van der Waals surface area (Å²) in [4.78, 5) is 28.0. The normalized spacial score (nSPS) is 16.4. The molecule has 15 heteroatoms. The predicted molar refractivity (Wildman–Crippen MR) is 149 cm³/mol. The average Bonchev–Trinajstić information content (AvgIpc) is 3.30. The first-order chi connectivity index (χ1) is 18.9. The third-order valence-electron chi connectivity index (χ3n) is 5.02. The molecule has 1 aliphatic rings. The highest BCUT2D eigenvalue weighted by Crippen LogP contribution is 2.23. The molecule has 0 aliphatic carbocycles. The molecule has 0 fully saturated rings. The Kier molecular flexibility index (Phi) is 12.9. The SMILES string of the molecule is CN=CC=C(N)CC(=O)NC1NN=C(CCCC/C(N)=C/C=C(\N)NC(=O)Cc2cccc(OC(F)(F)F)c2)S1. The van der Waals surface area contributed by atoms with Gasteiger partial charge in [0.1, 0.15) is 11.6 Å². The highest BCUT2D eigenvalue weighted by Gasteiger charge is 2.31. The fraction of sp³-hybridized carbons (Fsp3) is 0.360. The molecular weight excluding hydrogens is 549 g/mol. The number of halogens is 3. The number of nitrogens with zero attached hydrogens (tertiary/aromatic N) is 2. The number of amides is 2. The van der Waals surface area contributed by atoms with Crippen LogP contribution in [0.5, 0.6) is 5.75 Å². The number of ether oxygens (including phenoxy) is 1. The molecule has 1 unspecified atom stereocenters. The first-order valence-electron chi connectivity index (χ1n) is 12.1. The van der Waals surface area contributed by atoms with Crippen molar-refractivity contribution in [3.8, 4) is 5.75 Å². The van der Waals surface area contributed by atoms with Crippen LogP contribution in [0.25, 0.3) is 0 Å². The summed E-state index contributed by atoms with van der Waals surface area (Å²) in [6.07, 6.45) is 4.03. The van der Waals surface area contributed by atoms with E-state index in [2.05, 4.69) is 30.9 Å². The summed E-state index contributed by atoms with van der Waals surface area (Å²) in [5.74, 6) is -1.10. The Morgan fingerprint density at radius 2 is 1.93 bits per heavy atom. The number of carbonyl (C=O) groups is 2. The quantitative estimate of drug-likeness (QED) is 0.110. The highest BCUT2D eigenvalue weighted by atomic mass is 32.2. The fourth-order valence-electron chi connectivity index (χ4n) is 3.28. The molecule has 2 amide bonds. The number of nitrogens with one attached hydrogen (secondary N) is 3. The molecule has 218 valence electrons. The second kappa shape index (κ2) is 16.1. The number of rotatable bonds is 14. The first kappa shape index (κ1) is 32.1. The minimum atomic E-state index is -4.82. The summed E-state index contributed by atoms with van der Waals surface area (Å²) in [5, 5.41) is 10.3. The number of benzene rings is 1. The zero-order valence-corrected chi connectivity index (χ0v) is 22.6. The summed E-state index contributed by atoms with van der Waals surface area (Å²) in [6, 6.07) is 5.14. The summed E-state index contributed by atoms with van der Waals surface area (Å²) in [5.41, 5.74) is 21.4. The van der Waals surface area contributed by atoms with Crippen LogP contribution in [0, 0.1) is 0 Å². The van der Waals surface area contributed by atoms with Gasteiger partial charge in [-0.3, -0.25) is 20.0 Å². The van der Waals surface area contributed by atoms with Gasteiger partial charge in [-0.1, -0.05) is 23.9 Å². The number of alkyl halides is 3. The Morgan fingerprint density at radius 3 is 2.65 bits per heavy atom. The van der Waals surface area contributed by atoms with Crippen LogP contribution in [-0.2, 0) is 16.0 Å². The van der Waals surface area contributed by atoms with Crippen molar-refractivity contribution >= 4 is 34.8 Å². The lowest BCUT2D eigenvalue weighted by Crippen LogP contribution is -2.39. The van der Waals surface area contributed by atoms with E-state index in [1.807, 2.05) is 0 Å². The van der Waals surface area contributed by atoms with E-state index >= 15 is 0 Å². The molecule has 1 aliphatic heterocycles. The van der Waals surface area contributed by atoms with Crippen LogP contribution < -0.4 is 38.0 Å². The number of hydrazone groups is 1. The molecule has 11 nitrogen and oxygen atoms in total. The van der Waals surface area contributed by atoms with Crippen molar-refractivity contribution in [2.45, 2.75) is 50.4 Å². The van der Waals surface area contributed by atoms with Gasteiger partial charge in [0.25, 0.3) is 0 Å². The number of hydrogen-bond acceptors (Lipinski definition) is 10. The fourth-order valence-corrected chi connectivity index (χ4v) is 4.21. The van der Waals surface area contributed by atoms with E-state index < -0.39 is 18.0 Å². The lowest BCUT2D eigenvalue weighted by atomic mass is 10.1. The Hall–Kier alpha value is -4.14. The zero-order chi connectivity index (χ0) is 29.5. The topological polar surface area (TPSA) is 182 Å². The molecule has 0 saturated carbocycles. The monoisotopic (exact) mass is 582 g/mol. The van der Waals surface area contributed by atoms with E-state index in [0.717, 1.165) is 30.0 Å². The van der Waals surface area contributed by atoms with Crippen molar-refractivity contribution in [2.75, 3.05) is 7.05 Å². The summed E-state index contributed by atoms with van der Waals surface area (Å²) in [7, 11) is 1.61. The zero-order valence-electron chi connectivity index (χ0n) is 21.8. The second-order valence-corrected chi connectivity index (χ2v) is 9.69.